The van der Waals surface area contributed by atoms with E-state index in [1.165, 1.54) is 6.07 Å². The van der Waals surface area contributed by atoms with E-state index in [1.54, 1.807) is 13.8 Å². The maximum Gasteiger partial charge on any atom is 0.407 e. The fraction of sp³-hybridized carbons (Fsp3) is 0.308. The van der Waals surface area contributed by atoms with Crippen LogP contribution in [0.25, 0.3) is 11.1 Å². The Bertz CT molecular complexity index is 1200. The van der Waals surface area contributed by atoms with Crippen molar-refractivity contribution < 1.29 is 28.8 Å². The number of nitrogens with one attached hydrogen (secondary N) is 2. The topological polar surface area (TPSA) is 131 Å². The van der Waals surface area contributed by atoms with Gasteiger partial charge in [0.15, 0.2) is 11.5 Å². The summed E-state index contributed by atoms with van der Waals surface area (Å²) in [6.07, 6.45) is -0.409. The molecule has 4 rings (SSSR count). The van der Waals surface area contributed by atoms with E-state index in [4.69, 9.17) is 14.4 Å². The molecule has 0 fully saturated rings. The Kier molecular flexibility index (Phi) is 6.86. The summed E-state index contributed by atoms with van der Waals surface area (Å²) in [4.78, 5) is 35.5. The molecule has 0 unspecified atom stereocenters. The molecule has 0 saturated heterocycles. The average Bonchev–Trinajstić information content (AvgIpc) is 3.43. The van der Waals surface area contributed by atoms with E-state index < -0.39 is 23.5 Å². The van der Waals surface area contributed by atoms with Crippen LogP contribution >= 0.6 is 0 Å². The predicted octanol–water partition coefficient (Wildman–Crippen LogP) is 4.09. The molecular formula is C26H27N3O6. The second kappa shape index (κ2) is 10.0. The number of carbonyl (C=O) groups excluding carboxylic acids is 2. The Morgan fingerprint density at radius 2 is 1.69 bits per heavy atom. The highest BCUT2D eigenvalue weighted by Crippen LogP contribution is 2.44. The summed E-state index contributed by atoms with van der Waals surface area (Å²) in [5.74, 6) is -1.18. The van der Waals surface area contributed by atoms with Crippen molar-refractivity contribution >= 4 is 18.0 Å². The lowest BCUT2D eigenvalue weighted by molar-refractivity contribution is -0.137. The molecule has 3 aromatic rings. The largest absolute Gasteiger partial charge is 0.481 e. The summed E-state index contributed by atoms with van der Waals surface area (Å²) in [6, 6.07) is 17.6. The predicted molar refractivity (Wildman–Crippen MR) is 127 cm³/mol. The van der Waals surface area contributed by atoms with Gasteiger partial charge in [-0.3, -0.25) is 9.59 Å². The average molecular weight is 478 g/mol. The molecule has 35 heavy (non-hydrogen) atoms. The molecule has 0 atom stereocenters. The minimum Gasteiger partial charge on any atom is -0.481 e. The first kappa shape index (κ1) is 24.0. The molecule has 1 aliphatic carbocycles. The van der Waals surface area contributed by atoms with Gasteiger partial charge in [-0.1, -0.05) is 53.7 Å². The highest BCUT2D eigenvalue weighted by Gasteiger charge is 2.29. The zero-order chi connectivity index (χ0) is 25.0. The zero-order valence-corrected chi connectivity index (χ0v) is 19.5. The lowest BCUT2D eigenvalue weighted by Gasteiger charge is -2.24. The van der Waals surface area contributed by atoms with Gasteiger partial charge in [0.2, 0.25) is 0 Å². The van der Waals surface area contributed by atoms with Crippen molar-refractivity contribution in [2.24, 2.45) is 0 Å². The summed E-state index contributed by atoms with van der Waals surface area (Å²) >= 11 is 0. The van der Waals surface area contributed by atoms with Gasteiger partial charge < -0.3 is 25.0 Å². The molecule has 1 heterocycles. The van der Waals surface area contributed by atoms with E-state index in [1.807, 2.05) is 36.4 Å². The molecule has 2 amide bonds. The van der Waals surface area contributed by atoms with Gasteiger partial charge >= 0.3 is 12.1 Å². The summed E-state index contributed by atoms with van der Waals surface area (Å²) in [5, 5.41) is 17.9. The van der Waals surface area contributed by atoms with Crippen LogP contribution in [0, 0.1) is 0 Å². The molecule has 9 heteroatoms. The van der Waals surface area contributed by atoms with E-state index in [9.17, 15) is 14.4 Å². The Morgan fingerprint density at radius 1 is 1.06 bits per heavy atom. The minimum absolute atomic E-state index is 0.000634. The van der Waals surface area contributed by atoms with Crippen LogP contribution in [0.3, 0.4) is 0 Å². The first-order valence-corrected chi connectivity index (χ1v) is 11.3. The third-order valence-electron chi connectivity index (χ3n) is 5.96. The first-order chi connectivity index (χ1) is 16.7. The monoisotopic (exact) mass is 477 g/mol. The molecule has 2 aromatic carbocycles. The van der Waals surface area contributed by atoms with Crippen molar-refractivity contribution in [2.45, 2.75) is 44.7 Å². The number of rotatable bonds is 9. The van der Waals surface area contributed by atoms with Gasteiger partial charge in [-0.15, -0.1) is 0 Å². The number of hydrogen-bond acceptors (Lipinski definition) is 6. The number of aromatic nitrogens is 1. The molecule has 0 bridgehead atoms. The van der Waals surface area contributed by atoms with E-state index in [0.29, 0.717) is 0 Å². The second-order valence-electron chi connectivity index (χ2n) is 9.09. The van der Waals surface area contributed by atoms with E-state index in [-0.39, 0.29) is 43.4 Å². The molecular weight excluding hydrogens is 450 g/mol. The number of carboxylic acid groups (broad SMARTS) is 1. The summed E-state index contributed by atoms with van der Waals surface area (Å²) in [7, 11) is 0. The molecule has 1 aromatic heterocycles. The number of fused-ring (bicyclic) bond motifs is 3. The lowest BCUT2D eigenvalue weighted by atomic mass is 9.98. The summed E-state index contributed by atoms with van der Waals surface area (Å²) in [5.41, 5.74) is 3.86. The number of hydrogen-bond donors (Lipinski definition) is 3. The number of aliphatic carboxylic acids is 1. The summed E-state index contributed by atoms with van der Waals surface area (Å²) in [6.45, 7) is 3.65. The van der Waals surface area contributed by atoms with Crippen LogP contribution in [0.2, 0.25) is 0 Å². The molecule has 182 valence electrons. The van der Waals surface area contributed by atoms with Crippen molar-refractivity contribution in [1.82, 2.24) is 15.8 Å². The molecule has 9 nitrogen and oxygen atoms in total. The smallest absolute Gasteiger partial charge is 0.407 e. The first-order valence-electron chi connectivity index (χ1n) is 11.3. The molecule has 0 radical (unpaired) electrons. The van der Waals surface area contributed by atoms with E-state index >= 15 is 0 Å². The SMILES string of the molecule is CC(C)(CCC(=O)O)NC(=O)c1cc(CNC(=O)OCC2c3ccccc3-c3ccccc32)on1. The van der Waals surface area contributed by atoms with Crippen LogP contribution < -0.4 is 10.6 Å². The minimum atomic E-state index is -0.935. The van der Waals surface area contributed by atoms with E-state index in [0.717, 1.165) is 22.3 Å². The van der Waals surface area contributed by atoms with Gasteiger partial charge in [0.25, 0.3) is 5.91 Å². The number of carboxylic acids is 1. The molecule has 0 saturated carbocycles. The van der Waals surface area contributed by atoms with Crippen molar-refractivity contribution in [3.63, 3.8) is 0 Å². The maximum atomic E-state index is 12.4. The Morgan fingerprint density at radius 3 is 2.31 bits per heavy atom. The van der Waals surface area contributed by atoms with Crippen LogP contribution in [-0.4, -0.2) is 40.4 Å². The van der Waals surface area contributed by atoms with Gasteiger partial charge in [0, 0.05) is 23.9 Å². The van der Waals surface area contributed by atoms with Gasteiger partial charge in [0.05, 0.1) is 6.54 Å². The van der Waals surface area contributed by atoms with Gasteiger partial charge in [-0.25, -0.2) is 4.79 Å². The van der Waals surface area contributed by atoms with Crippen molar-refractivity contribution in [2.75, 3.05) is 6.61 Å². The Labute approximate surface area is 202 Å². The quantitative estimate of drug-likeness (QED) is 0.423. The Hall–Kier alpha value is -4.14. The highest BCUT2D eigenvalue weighted by atomic mass is 16.5. The molecule has 0 aliphatic heterocycles. The fourth-order valence-corrected chi connectivity index (χ4v) is 4.17. The van der Waals surface area contributed by atoms with Gasteiger partial charge in [-0.05, 0) is 42.5 Å². The van der Waals surface area contributed by atoms with Crippen molar-refractivity contribution in [1.29, 1.82) is 0 Å². The number of alkyl carbamates (subject to hydrolysis) is 1. The van der Waals surface area contributed by atoms with Crippen LogP contribution in [0.15, 0.2) is 59.1 Å². The second-order valence-corrected chi connectivity index (χ2v) is 9.09. The van der Waals surface area contributed by atoms with Crippen LogP contribution in [0.4, 0.5) is 4.79 Å². The third kappa shape index (κ3) is 5.68. The van der Waals surface area contributed by atoms with Crippen LogP contribution in [-0.2, 0) is 16.1 Å². The highest BCUT2D eigenvalue weighted by molar-refractivity contribution is 5.92. The van der Waals surface area contributed by atoms with Crippen molar-refractivity contribution in [3.8, 4) is 11.1 Å². The fourth-order valence-electron chi connectivity index (χ4n) is 4.17. The molecule has 0 spiro atoms. The summed E-state index contributed by atoms with van der Waals surface area (Å²) < 4.78 is 10.6. The number of nitrogens with zero attached hydrogens (tertiary/aromatic N) is 1. The van der Waals surface area contributed by atoms with Crippen LogP contribution in [0.5, 0.6) is 0 Å². The zero-order valence-electron chi connectivity index (χ0n) is 19.5. The maximum absolute atomic E-state index is 12.4. The van der Waals surface area contributed by atoms with Crippen LogP contribution in [0.1, 0.15) is 60.0 Å². The third-order valence-corrected chi connectivity index (χ3v) is 5.96. The molecule has 3 N–H and O–H groups in total. The normalized spacial score (nSPS) is 12.5. The number of carbonyl (C=O) groups is 3. The standard InChI is InChI=1S/C26H27N3O6/c1-26(2,12-11-23(30)31)28-24(32)22-13-16(35-29-22)14-27-25(33)34-15-21-19-9-5-3-7-17(19)18-8-4-6-10-20(18)21/h3-10,13,21H,11-12,14-15H2,1-2H3,(H,27,33)(H,28,32)(H,30,31). The Balaban J connectivity index is 1.29. The molecule has 1 aliphatic rings. The number of benzene rings is 2. The van der Waals surface area contributed by atoms with E-state index in [2.05, 4.69) is 27.9 Å². The number of ether oxygens (including phenoxy) is 1. The van der Waals surface area contributed by atoms with Gasteiger partial charge in [0.1, 0.15) is 6.61 Å². The lowest BCUT2D eigenvalue weighted by Crippen LogP contribution is -2.43. The van der Waals surface area contributed by atoms with Crippen molar-refractivity contribution in [3.05, 3.63) is 77.2 Å². The van der Waals surface area contributed by atoms with Gasteiger partial charge in [-0.2, -0.15) is 0 Å². The number of amides is 2.